The number of hydrogen-bond acceptors (Lipinski definition) is 5. The molecule has 1 fully saturated rings. The molecular weight excluding hydrogens is 406 g/mol. The molecule has 0 bridgehead atoms. The van der Waals surface area contributed by atoms with E-state index in [1.54, 1.807) is 12.1 Å². The quantitative estimate of drug-likeness (QED) is 0.658. The highest BCUT2D eigenvalue weighted by atomic mass is 35.5. The highest BCUT2D eigenvalue weighted by Gasteiger charge is 2.21. The molecule has 2 heterocycles. The van der Waals surface area contributed by atoms with Crippen LogP contribution in [0.3, 0.4) is 0 Å². The molecule has 0 aliphatic carbocycles. The van der Waals surface area contributed by atoms with Gasteiger partial charge in [-0.15, -0.1) is 23.7 Å². The van der Waals surface area contributed by atoms with Crippen molar-refractivity contribution in [2.45, 2.75) is 43.3 Å². The van der Waals surface area contributed by atoms with Crippen molar-refractivity contribution < 1.29 is 13.2 Å². The Labute approximate surface area is 170 Å². The van der Waals surface area contributed by atoms with E-state index < -0.39 is 10.0 Å². The third kappa shape index (κ3) is 6.02. The molecule has 0 radical (unpaired) electrons. The maximum Gasteiger partial charge on any atom is 0.251 e. The summed E-state index contributed by atoms with van der Waals surface area (Å²) in [5.41, 5.74) is 0.357. The summed E-state index contributed by atoms with van der Waals surface area (Å²) in [7, 11) is -3.67. The lowest BCUT2D eigenvalue weighted by molar-refractivity contribution is 0.0925. The van der Waals surface area contributed by atoms with E-state index >= 15 is 0 Å². The third-order valence-electron chi connectivity index (χ3n) is 4.38. The van der Waals surface area contributed by atoms with Gasteiger partial charge in [-0.05, 0) is 56.0 Å². The molecule has 1 amide bonds. The van der Waals surface area contributed by atoms with Crippen LogP contribution in [0.5, 0.6) is 0 Å². The normalized spacial score (nSPS) is 19.9. The maximum absolute atomic E-state index is 12.5. The van der Waals surface area contributed by atoms with Crippen molar-refractivity contribution in [3.05, 3.63) is 52.2 Å². The Bertz CT molecular complexity index is 856. The molecule has 9 heteroatoms. The Morgan fingerprint density at radius 2 is 2.11 bits per heavy atom. The fraction of sp³-hybridized carbons (Fsp3) is 0.389. The number of nitrogens with one attached hydrogen (secondary N) is 3. The highest BCUT2D eigenvalue weighted by molar-refractivity contribution is 7.89. The van der Waals surface area contributed by atoms with Crippen LogP contribution in [0.4, 0.5) is 0 Å². The molecule has 2 aromatic rings. The van der Waals surface area contributed by atoms with Crippen LogP contribution in [0, 0.1) is 0 Å². The fourth-order valence-corrected chi connectivity index (χ4v) is 4.79. The summed E-state index contributed by atoms with van der Waals surface area (Å²) in [6.45, 7) is 3.20. The number of hydrogen-bond donors (Lipinski definition) is 3. The van der Waals surface area contributed by atoms with Crippen molar-refractivity contribution in [1.82, 2.24) is 15.4 Å². The van der Waals surface area contributed by atoms with Crippen LogP contribution >= 0.6 is 23.7 Å². The molecule has 0 spiro atoms. The first kappa shape index (κ1) is 21.8. The smallest absolute Gasteiger partial charge is 0.251 e. The van der Waals surface area contributed by atoms with Gasteiger partial charge in [-0.25, -0.2) is 13.1 Å². The molecule has 27 heavy (non-hydrogen) atoms. The minimum Gasteiger partial charge on any atom is -0.349 e. The monoisotopic (exact) mass is 429 g/mol. The standard InChI is InChI=1S/C18H23N3O3S2.ClH/c1-13-10-15(7-8-19-13)21-18(22)14-4-2-6-17(11-14)26(23,24)20-12-16-5-3-9-25-16;/h2-6,9,11,13,15,19-20H,7-8,10,12H2,1H3,(H,21,22);1H. The van der Waals surface area contributed by atoms with Crippen LogP contribution in [0.1, 0.15) is 35.0 Å². The molecule has 1 aromatic heterocycles. The van der Waals surface area contributed by atoms with Gasteiger partial charge in [0.15, 0.2) is 0 Å². The van der Waals surface area contributed by atoms with E-state index in [-0.39, 0.29) is 35.8 Å². The van der Waals surface area contributed by atoms with Crippen molar-refractivity contribution in [2.24, 2.45) is 0 Å². The lowest BCUT2D eigenvalue weighted by Gasteiger charge is -2.28. The first-order valence-corrected chi connectivity index (χ1v) is 11.0. The van der Waals surface area contributed by atoms with Gasteiger partial charge in [-0.2, -0.15) is 0 Å². The maximum atomic E-state index is 12.5. The highest BCUT2D eigenvalue weighted by Crippen LogP contribution is 2.15. The first-order chi connectivity index (χ1) is 12.4. The van der Waals surface area contributed by atoms with Crippen LogP contribution in [0.15, 0.2) is 46.7 Å². The summed E-state index contributed by atoms with van der Waals surface area (Å²) in [5.74, 6) is -0.237. The van der Waals surface area contributed by atoms with E-state index in [4.69, 9.17) is 0 Å². The number of thiophene rings is 1. The van der Waals surface area contributed by atoms with Gasteiger partial charge >= 0.3 is 0 Å². The van der Waals surface area contributed by atoms with E-state index in [9.17, 15) is 13.2 Å². The molecule has 3 rings (SSSR count). The molecule has 2 unspecified atom stereocenters. The zero-order valence-electron chi connectivity index (χ0n) is 15.0. The number of benzene rings is 1. The van der Waals surface area contributed by atoms with Gasteiger partial charge in [0.1, 0.15) is 0 Å². The Morgan fingerprint density at radius 3 is 2.81 bits per heavy atom. The number of amides is 1. The van der Waals surface area contributed by atoms with Crippen LogP contribution in [-0.2, 0) is 16.6 Å². The van der Waals surface area contributed by atoms with Crippen molar-refractivity contribution in [1.29, 1.82) is 0 Å². The van der Waals surface area contributed by atoms with Crippen LogP contribution < -0.4 is 15.4 Å². The minimum absolute atomic E-state index is 0. The molecule has 1 aliphatic heterocycles. The summed E-state index contributed by atoms with van der Waals surface area (Å²) >= 11 is 1.49. The zero-order valence-corrected chi connectivity index (χ0v) is 17.4. The van der Waals surface area contributed by atoms with Crippen LogP contribution in [0.25, 0.3) is 0 Å². The number of rotatable bonds is 6. The van der Waals surface area contributed by atoms with E-state index in [0.717, 1.165) is 24.3 Å². The molecule has 3 N–H and O–H groups in total. The van der Waals surface area contributed by atoms with Gasteiger partial charge in [0.2, 0.25) is 10.0 Å². The summed E-state index contributed by atoms with van der Waals surface area (Å²) in [6, 6.07) is 10.4. The molecule has 148 valence electrons. The van der Waals surface area contributed by atoms with E-state index in [0.29, 0.717) is 11.6 Å². The number of carbonyl (C=O) groups excluding carboxylic acids is 1. The second kappa shape index (κ2) is 9.66. The Kier molecular flexibility index (Phi) is 7.81. The van der Waals surface area contributed by atoms with Crippen molar-refractivity contribution in [3.8, 4) is 0 Å². The third-order valence-corrected chi connectivity index (χ3v) is 6.66. The van der Waals surface area contributed by atoms with Crippen molar-refractivity contribution >= 4 is 39.7 Å². The molecule has 1 saturated heterocycles. The number of halogens is 1. The first-order valence-electron chi connectivity index (χ1n) is 8.60. The second-order valence-corrected chi connectivity index (χ2v) is 9.28. The predicted molar refractivity (Wildman–Crippen MR) is 110 cm³/mol. The SMILES string of the molecule is CC1CC(NC(=O)c2cccc(S(=O)(=O)NCc3cccs3)c2)CCN1.Cl. The molecule has 1 aromatic carbocycles. The van der Waals surface area contributed by atoms with E-state index in [1.807, 2.05) is 17.5 Å². The van der Waals surface area contributed by atoms with E-state index in [2.05, 4.69) is 22.3 Å². The lowest BCUT2D eigenvalue weighted by Crippen LogP contribution is -2.46. The van der Waals surface area contributed by atoms with Gasteiger partial charge in [0, 0.05) is 29.1 Å². The predicted octanol–water partition coefficient (Wildman–Crippen LogP) is 2.52. The Balaban J connectivity index is 0.00000261. The van der Waals surface area contributed by atoms with Gasteiger partial charge in [-0.3, -0.25) is 4.79 Å². The lowest BCUT2D eigenvalue weighted by atomic mass is 10.0. The minimum atomic E-state index is -3.67. The average molecular weight is 430 g/mol. The van der Waals surface area contributed by atoms with Crippen molar-refractivity contribution in [3.63, 3.8) is 0 Å². The largest absolute Gasteiger partial charge is 0.349 e. The Morgan fingerprint density at radius 1 is 1.30 bits per heavy atom. The van der Waals surface area contributed by atoms with Crippen molar-refractivity contribution in [2.75, 3.05) is 6.54 Å². The van der Waals surface area contributed by atoms with Crippen LogP contribution in [-0.4, -0.2) is 33.0 Å². The fourth-order valence-electron chi connectivity index (χ4n) is 3.00. The van der Waals surface area contributed by atoms with Crippen LogP contribution in [0.2, 0.25) is 0 Å². The molecule has 1 aliphatic rings. The van der Waals surface area contributed by atoms with Gasteiger partial charge < -0.3 is 10.6 Å². The summed E-state index contributed by atoms with van der Waals surface area (Å²) < 4.78 is 27.6. The van der Waals surface area contributed by atoms with E-state index in [1.165, 1.54) is 23.5 Å². The number of piperidine rings is 1. The molecule has 6 nitrogen and oxygen atoms in total. The topological polar surface area (TPSA) is 87.3 Å². The summed E-state index contributed by atoms with van der Waals surface area (Å²) in [6.07, 6.45) is 1.74. The second-order valence-electron chi connectivity index (χ2n) is 6.48. The van der Waals surface area contributed by atoms with Gasteiger partial charge in [-0.1, -0.05) is 12.1 Å². The Hall–Kier alpha value is -1.45. The molecule has 2 atom stereocenters. The summed E-state index contributed by atoms with van der Waals surface area (Å²) in [4.78, 5) is 13.5. The zero-order chi connectivity index (χ0) is 18.6. The number of carbonyl (C=O) groups is 1. The molecule has 0 saturated carbocycles. The average Bonchev–Trinajstić information content (AvgIpc) is 3.14. The van der Waals surface area contributed by atoms with Gasteiger partial charge in [0.25, 0.3) is 5.91 Å². The van der Waals surface area contributed by atoms with Gasteiger partial charge in [0.05, 0.1) is 4.90 Å². The molecular formula is C18H24ClN3O3S2. The number of sulfonamides is 1. The summed E-state index contributed by atoms with van der Waals surface area (Å²) in [5, 5.41) is 8.25.